The summed E-state index contributed by atoms with van der Waals surface area (Å²) in [5.74, 6) is -0.0452. The highest BCUT2D eigenvalue weighted by molar-refractivity contribution is 6.30. The van der Waals surface area contributed by atoms with E-state index in [1.54, 1.807) is 24.0 Å². The number of nitrogen functional groups attached to an aromatic ring is 1. The number of carbonyl (C=O) groups is 3. The van der Waals surface area contributed by atoms with Gasteiger partial charge in [-0.3, -0.25) is 25.2 Å². The molecule has 37 heavy (non-hydrogen) atoms. The van der Waals surface area contributed by atoms with Gasteiger partial charge in [0.15, 0.2) is 22.6 Å². The zero-order chi connectivity index (χ0) is 26.7. The Morgan fingerprint density at radius 1 is 1.16 bits per heavy atom. The predicted molar refractivity (Wildman–Crippen MR) is 138 cm³/mol. The molecule has 0 unspecified atom stereocenters. The summed E-state index contributed by atoms with van der Waals surface area (Å²) in [4.78, 5) is 55.8. The maximum atomic E-state index is 13.0. The van der Waals surface area contributed by atoms with Crippen molar-refractivity contribution in [2.45, 2.75) is 45.2 Å². The van der Waals surface area contributed by atoms with Gasteiger partial charge in [-0.2, -0.15) is 0 Å². The van der Waals surface area contributed by atoms with Crippen molar-refractivity contribution in [2.75, 3.05) is 30.7 Å². The number of amides is 4. The number of urea groups is 1. The summed E-state index contributed by atoms with van der Waals surface area (Å²) in [5.41, 5.74) is 6.26. The second kappa shape index (κ2) is 10.5. The molecule has 4 heterocycles. The number of aromatic nitrogens is 3. The summed E-state index contributed by atoms with van der Waals surface area (Å²) in [6, 6.07) is 2.87. The van der Waals surface area contributed by atoms with Crippen LogP contribution in [0.5, 0.6) is 0 Å². The Morgan fingerprint density at radius 3 is 2.54 bits per heavy atom. The third kappa shape index (κ3) is 6.05. The van der Waals surface area contributed by atoms with Gasteiger partial charge in [-0.05, 0) is 45.7 Å². The second-order valence-corrected chi connectivity index (χ2v) is 9.69. The molecule has 1 spiro atoms. The molecule has 4 amide bonds. The Hall–Kier alpha value is -4.00. The summed E-state index contributed by atoms with van der Waals surface area (Å²) >= 11 is 5.98. The van der Waals surface area contributed by atoms with Crippen molar-refractivity contribution in [1.82, 2.24) is 35.8 Å². The largest absolute Gasteiger partial charge is 0.382 e. The molecule has 0 aromatic carbocycles. The zero-order valence-electron chi connectivity index (χ0n) is 20.8. The number of carbonyl (C=O) groups excluding carboxylic acids is 3. The van der Waals surface area contributed by atoms with E-state index >= 15 is 0 Å². The molecular formula is C23H29ClN10O3. The molecule has 2 aromatic rings. The average Bonchev–Trinajstić information content (AvgIpc) is 3.23. The number of aryl methyl sites for hydroxylation is 1. The fraction of sp³-hybridized carbons (Fsp3) is 0.435. The molecule has 0 radical (unpaired) electrons. The van der Waals surface area contributed by atoms with Gasteiger partial charge in [0.2, 0.25) is 0 Å². The summed E-state index contributed by atoms with van der Waals surface area (Å²) in [7, 11) is 0. The molecule has 2 aliphatic heterocycles. The van der Waals surface area contributed by atoms with Crippen molar-refractivity contribution >= 4 is 47.0 Å². The van der Waals surface area contributed by atoms with Crippen LogP contribution in [0, 0.1) is 6.92 Å². The van der Waals surface area contributed by atoms with Crippen molar-refractivity contribution in [2.24, 2.45) is 4.99 Å². The number of likely N-dealkylation sites (tertiary alicyclic amines) is 1. The highest BCUT2D eigenvalue weighted by Gasteiger charge is 2.40. The molecule has 2 aliphatic rings. The van der Waals surface area contributed by atoms with Crippen LogP contribution in [0.4, 0.5) is 16.4 Å². The number of hydrogen-bond acceptors (Lipinski definition) is 9. The highest BCUT2D eigenvalue weighted by Crippen LogP contribution is 2.27. The number of piperidine rings is 1. The Balaban J connectivity index is 1.29. The van der Waals surface area contributed by atoms with Gasteiger partial charge < -0.3 is 21.3 Å². The van der Waals surface area contributed by atoms with E-state index in [4.69, 9.17) is 17.3 Å². The van der Waals surface area contributed by atoms with E-state index < -0.39 is 5.91 Å². The van der Waals surface area contributed by atoms with Crippen LogP contribution in [0.2, 0.25) is 5.15 Å². The van der Waals surface area contributed by atoms with Crippen LogP contribution < -0.4 is 27.0 Å². The van der Waals surface area contributed by atoms with Gasteiger partial charge in [0.1, 0.15) is 5.82 Å². The number of aliphatic imine (C=N–C) groups is 1. The number of anilines is 2. The lowest BCUT2D eigenvalue weighted by atomic mass is 9.88. The first kappa shape index (κ1) is 26.1. The topological polar surface area (TPSA) is 180 Å². The minimum Gasteiger partial charge on any atom is -0.382 e. The van der Waals surface area contributed by atoms with Gasteiger partial charge in [-0.15, -0.1) is 0 Å². The lowest BCUT2D eigenvalue weighted by molar-refractivity contribution is 0.0668. The molecule has 196 valence electrons. The number of nitrogens with zero attached hydrogens (tertiary/aromatic N) is 5. The van der Waals surface area contributed by atoms with E-state index in [0.29, 0.717) is 55.5 Å². The monoisotopic (exact) mass is 528 g/mol. The van der Waals surface area contributed by atoms with E-state index in [2.05, 4.69) is 41.2 Å². The third-order valence-corrected chi connectivity index (χ3v) is 6.45. The highest BCUT2D eigenvalue weighted by atomic mass is 35.5. The molecule has 14 heteroatoms. The summed E-state index contributed by atoms with van der Waals surface area (Å²) in [5, 5.41) is 11.4. The van der Waals surface area contributed by atoms with Crippen LogP contribution >= 0.6 is 11.6 Å². The van der Waals surface area contributed by atoms with Crippen LogP contribution in [-0.4, -0.2) is 74.9 Å². The minimum atomic E-state index is -0.560. The molecular weight excluding hydrogens is 500 g/mol. The number of nitrogens with two attached hydrogens (primary N) is 1. The zero-order valence-corrected chi connectivity index (χ0v) is 21.5. The number of hydrogen-bond donors (Lipinski definition) is 5. The average molecular weight is 529 g/mol. The van der Waals surface area contributed by atoms with Gasteiger partial charge in [0.25, 0.3) is 11.8 Å². The minimum absolute atomic E-state index is 0.00394. The summed E-state index contributed by atoms with van der Waals surface area (Å²) < 4.78 is 0. The number of rotatable bonds is 4. The predicted octanol–water partition coefficient (Wildman–Crippen LogP) is 1.31. The summed E-state index contributed by atoms with van der Waals surface area (Å²) in [6.07, 6.45) is 2.74. The van der Waals surface area contributed by atoms with E-state index in [9.17, 15) is 14.4 Å². The molecule has 13 nitrogen and oxygen atoms in total. The Morgan fingerprint density at radius 2 is 1.89 bits per heavy atom. The molecule has 4 rings (SSSR count). The van der Waals surface area contributed by atoms with Crippen LogP contribution in [-0.2, 0) is 0 Å². The van der Waals surface area contributed by atoms with Gasteiger partial charge >= 0.3 is 6.03 Å². The fourth-order valence-corrected chi connectivity index (χ4v) is 4.22. The SMILES string of the molecule is Cc1nc(N)c(C(=O)NC2=NCC3(CCN(C(=O)c4ccc(NC(=O)NC(C)C)nc4)CC3)N2)nc1Cl. The van der Waals surface area contributed by atoms with Crippen molar-refractivity contribution in [3.05, 3.63) is 40.4 Å². The molecule has 0 atom stereocenters. The lowest BCUT2D eigenvalue weighted by Crippen LogP contribution is -2.57. The maximum Gasteiger partial charge on any atom is 0.320 e. The van der Waals surface area contributed by atoms with E-state index in [1.165, 1.54) is 6.20 Å². The van der Waals surface area contributed by atoms with Crippen molar-refractivity contribution in [1.29, 1.82) is 0 Å². The van der Waals surface area contributed by atoms with Crippen LogP contribution in [0.3, 0.4) is 0 Å². The van der Waals surface area contributed by atoms with Crippen LogP contribution in [0.15, 0.2) is 23.3 Å². The maximum absolute atomic E-state index is 13.0. The smallest absolute Gasteiger partial charge is 0.320 e. The van der Waals surface area contributed by atoms with Crippen LogP contribution in [0.25, 0.3) is 0 Å². The fourth-order valence-electron chi connectivity index (χ4n) is 4.09. The number of guanidine groups is 1. The lowest BCUT2D eigenvalue weighted by Gasteiger charge is -2.39. The number of pyridine rings is 1. The molecule has 1 saturated heterocycles. The molecule has 0 saturated carbocycles. The quantitative estimate of drug-likeness (QED) is 0.394. The summed E-state index contributed by atoms with van der Waals surface area (Å²) in [6.45, 7) is 6.83. The van der Waals surface area contributed by atoms with E-state index in [-0.39, 0.29) is 40.2 Å². The Bertz CT molecular complexity index is 1240. The molecule has 6 N–H and O–H groups in total. The van der Waals surface area contributed by atoms with E-state index in [0.717, 1.165) is 0 Å². The van der Waals surface area contributed by atoms with Crippen molar-refractivity contribution < 1.29 is 14.4 Å². The van der Waals surface area contributed by atoms with Gasteiger partial charge in [-0.25, -0.2) is 19.7 Å². The van der Waals surface area contributed by atoms with Gasteiger partial charge in [-0.1, -0.05) is 11.6 Å². The number of halogens is 1. The standard InChI is InChI=1S/C23H29ClN10O3/c1-12(2)28-22(37)30-15-5-4-14(10-26-15)20(36)34-8-6-23(7-9-34)11-27-21(33-23)32-19(35)16-18(25)29-13(3)17(24)31-16/h4-5,10,12H,6-9,11H2,1-3H3,(H2,25,29)(H2,26,28,30,37)(H2,27,32,33,35). The van der Waals surface area contributed by atoms with Crippen LogP contribution in [0.1, 0.15) is 53.2 Å². The third-order valence-electron chi connectivity index (χ3n) is 6.09. The van der Waals surface area contributed by atoms with Crippen molar-refractivity contribution in [3.8, 4) is 0 Å². The molecule has 0 aliphatic carbocycles. The Kier molecular flexibility index (Phi) is 7.43. The first-order valence-corrected chi connectivity index (χ1v) is 12.2. The molecule has 2 aromatic heterocycles. The first-order valence-electron chi connectivity index (χ1n) is 11.8. The van der Waals surface area contributed by atoms with Gasteiger partial charge in [0.05, 0.1) is 23.3 Å². The van der Waals surface area contributed by atoms with Gasteiger partial charge in [0, 0.05) is 25.3 Å². The molecule has 0 bridgehead atoms. The Labute approximate surface area is 218 Å². The first-order chi connectivity index (χ1) is 17.5. The molecule has 1 fully saturated rings. The number of nitrogens with one attached hydrogen (secondary N) is 4. The van der Waals surface area contributed by atoms with E-state index in [1.807, 2.05) is 13.8 Å². The van der Waals surface area contributed by atoms with Crippen molar-refractivity contribution in [3.63, 3.8) is 0 Å². The second-order valence-electron chi connectivity index (χ2n) is 9.34. The normalized spacial score (nSPS) is 16.2.